The van der Waals surface area contributed by atoms with Gasteiger partial charge in [-0.25, -0.2) is 18.4 Å². The molecule has 0 saturated heterocycles. The summed E-state index contributed by atoms with van der Waals surface area (Å²) in [5.74, 6) is 0.322. The third-order valence-electron chi connectivity index (χ3n) is 4.01. The van der Waals surface area contributed by atoms with Crippen LogP contribution < -0.4 is 19.5 Å². The van der Waals surface area contributed by atoms with Gasteiger partial charge in [0, 0.05) is 23.6 Å². The number of carbonyl (C=O) groups excluding carboxylic acids is 1. The summed E-state index contributed by atoms with van der Waals surface area (Å²) in [6.07, 6.45) is 2.73. The highest BCUT2D eigenvalue weighted by Gasteiger charge is 2.18. The van der Waals surface area contributed by atoms with Crippen molar-refractivity contribution in [2.45, 2.75) is 11.8 Å². The molecule has 11 heteroatoms. The third-order valence-corrected chi connectivity index (χ3v) is 5.98. The third kappa shape index (κ3) is 5.50. The van der Waals surface area contributed by atoms with Gasteiger partial charge in [0.05, 0.1) is 23.1 Å². The number of anilines is 2. The average molecular weight is 507 g/mol. The molecule has 3 rings (SSSR count). The zero-order chi connectivity index (χ0) is 22.4. The molecule has 3 aromatic rings. The van der Waals surface area contributed by atoms with Crippen molar-refractivity contribution in [3.63, 3.8) is 0 Å². The van der Waals surface area contributed by atoms with Crippen molar-refractivity contribution in [1.82, 2.24) is 9.97 Å². The van der Waals surface area contributed by atoms with Crippen molar-refractivity contribution in [1.29, 1.82) is 0 Å². The average Bonchev–Trinajstić information content (AvgIpc) is 2.75. The Bertz CT molecular complexity index is 1190. The standard InChI is InChI=1S/C20H19BrN4O5S/c1-3-30-17-9-4-13(12-16(17)21)19(26)24-14-5-7-15(8-6-14)31(27,28)25-18-20(29-2)23-11-10-22-18/h4-12H,3H2,1-2H3,(H,22,25)(H,24,26). The lowest BCUT2D eigenvalue weighted by Crippen LogP contribution is -2.15. The molecule has 2 aromatic carbocycles. The second-order valence-corrected chi connectivity index (χ2v) is 8.61. The molecule has 0 aliphatic carbocycles. The molecule has 162 valence electrons. The van der Waals surface area contributed by atoms with Gasteiger partial charge in [-0.1, -0.05) is 0 Å². The first kappa shape index (κ1) is 22.5. The van der Waals surface area contributed by atoms with Gasteiger partial charge in [0.25, 0.3) is 21.8 Å². The van der Waals surface area contributed by atoms with Crippen LogP contribution in [0.15, 0.2) is 64.2 Å². The summed E-state index contributed by atoms with van der Waals surface area (Å²) in [5.41, 5.74) is 0.856. The second-order valence-electron chi connectivity index (χ2n) is 6.08. The molecule has 31 heavy (non-hydrogen) atoms. The van der Waals surface area contributed by atoms with Gasteiger partial charge in [0.2, 0.25) is 5.82 Å². The van der Waals surface area contributed by atoms with E-state index in [4.69, 9.17) is 9.47 Å². The van der Waals surface area contributed by atoms with Crippen molar-refractivity contribution in [2.24, 2.45) is 0 Å². The van der Waals surface area contributed by atoms with E-state index in [1.807, 2.05) is 6.92 Å². The van der Waals surface area contributed by atoms with E-state index in [1.165, 1.54) is 43.8 Å². The molecule has 0 aliphatic rings. The molecule has 0 atom stereocenters. The molecule has 0 saturated carbocycles. The van der Waals surface area contributed by atoms with Crippen molar-refractivity contribution in [3.05, 3.63) is 64.9 Å². The second kappa shape index (κ2) is 9.75. The number of amides is 1. The summed E-state index contributed by atoms with van der Waals surface area (Å²) in [6.45, 7) is 2.38. The number of benzene rings is 2. The topological polar surface area (TPSA) is 120 Å². The highest BCUT2D eigenvalue weighted by molar-refractivity contribution is 9.10. The van der Waals surface area contributed by atoms with Crippen LogP contribution in [-0.2, 0) is 10.0 Å². The molecular weight excluding hydrogens is 488 g/mol. The van der Waals surface area contributed by atoms with Crippen LogP contribution in [0.1, 0.15) is 17.3 Å². The molecule has 0 bridgehead atoms. The quantitative estimate of drug-likeness (QED) is 0.477. The van der Waals surface area contributed by atoms with Gasteiger partial charge < -0.3 is 14.8 Å². The van der Waals surface area contributed by atoms with Crippen molar-refractivity contribution >= 4 is 43.4 Å². The monoisotopic (exact) mass is 506 g/mol. The van der Waals surface area contributed by atoms with E-state index < -0.39 is 10.0 Å². The van der Waals surface area contributed by atoms with E-state index in [1.54, 1.807) is 18.2 Å². The zero-order valence-electron chi connectivity index (χ0n) is 16.6. The summed E-state index contributed by atoms with van der Waals surface area (Å²) in [7, 11) is -2.56. The minimum atomic E-state index is -3.92. The molecule has 0 unspecified atom stereocenters. The Labute approximate surface area is 188 Å². The molecule has 2 N–H and O–H groups in total. The number of halogens is 1. The molecular formula is C20H19BrN4O5S. The maximum Gasteiger partial charge on any atom is 0.263 e. The summed E-state index contributed by atoms with van der Waals surface area (Å²) in [6, 6.07) is 10.7. The van der Waals surface area contributed by atoms with E-state index in [0.29, 0.717) is 28.1 Å². The van der Waals surface area contributed by atoms with Crippen LogP contribution in [-0.4, -0.2) is 38.0 Å². The van der Waals surface area contributed by atoms with Crippen LogP contribution in [0.4, 0.5) is 11.5 Å². The Hall–Kier alpha value is -3.18. The van der Waals surface area contributed by atoms with Gasteiger partial charge >= 0.3 is 0 Å². The van der Waals surface area contributed by atoms with Crippen LogP contribution in [0.3, 0.4) is 0 Å². The lowest BCUT2D eigenvalue weighted by Gasteiger charge is -2.11. The van der Waals surface area contributed by atoms with Crippen molar-refractivity contribution in [3.8, 4) is 11.6 Å². The number of sulfonamides is 1. The maximum absolute atomic E-state index is 12.6. The Morgan fingerprint density at radius 1 is 1.10 bits per heavy atom. The largest absolute Gasteiger partial charge is 0.493 e. The molecule has 1 amide bonds. The normalized spacial score (nSPS) is 10.9. The number of methoxy groups -OCH3 is 1. The Morgan fingerprint density at radius 3 is 2.45 bits per heavy atom. The van der Waals surface area contributed by atoms with E-state index in [0.717, 1.165) is 0 Å². The van der Waals surface area contributed by atoms with Gasteiger partial charge in [-0.05, 0) is 65.3 Å². The molecule has 0 spiro atoms. The maximum atomic E-state index is 12.6. The van der Waals surface area contributed by atoms with E-state index in [9.17, 15) is 13.2 Å². The van der Waals surface area contributed by atoms with Crippen LogP contribution in [0.5, 0.6) is 11.6 Å². The Kier molecular flexibility index (Phi) is 7.08. The van der Waals surface area contributed by atoms with Gasteiger partial charge in [0.15, 0.2) is 0 Å². The van der Waals surface area contributed by atoms with Gasteiger partial charge in [-0.2, -0.15) is 0 Å². The Balaban J connectivity index is 1.72. The first-order chi connectivity index (χ1) is 14.8. The number of hydrogen-bond acceptors (Lipinski definition) is 7. The van der Waals surface area contributed by atoms with Crippen LogP contribution in [0.25, 0.3) is 0 Å². The minimum Gasteiger partial charge on any atom is -0.493 e. The van der Waals surface area contributed by atoms with Gasteiger partial charge in [-0.3, -0.25) is 9.52 Å². The predicted molar refractivity (Wildman–Crippen MR) is 119 cm³/mol. The summed E-state index contributed by atoms with van der Waals surface area (Å²) < 4.78 is 38.6. The number of ether oxygens (including phenoxy) is 2. The van der Waals surface area contributed by atoms with Crippen molar-refractivity contribution in [2.75, 3.05) is 23.8 Å². The van der Waals surface area contributed by atoms with E-state index in [-0.39, 0.29) is 22.5 Å². The number of hydrogen-bond donors (Lipinski definition) is 2. The fourth-order valence-corrected chi connectivity index (χ4v) is 4.07. The fraction of sp³-hybridized carbons (Fsp3) is 0.150. The lowest BCUT2D eigenvalue weighted by atomic mass is 10.2. The Morgan fingerprint density at radius 2 is 1.81 bits per heavy atom. The number of nitrogens with zero attached hydrogens (tertiary/aromatic N) is 2. The highest BCUT2D eigenvalue weighted by Crippen LogP contribution is 2.27. The minimum absolute atomic E-state index is 0.0120. The molecule has 9 nitrogen and oxygen atoms in total. The highest BCUT2D eigenvalue weighted by atomic mass is 79.9. The molecule has 0 aliphatic heterocycles. The number of rotatable bonds is 8. The molecule has 0 radical (unpaired) electrons. The zero-order valence-corrected chi connectivity index (χ0v) is 19.0. The van der Waals surface area contributed by atoms with Crippen LogP contribution in [0, 0.1) is 0 Å². The fourth-order valence-electron chi connectivity index (χ4n) is 2.57. The van der Waals surface area contributed by atoms with Gasteiger partial charge in [-0.15, -0.1) is 0 Å². The van der Waals surface area contributed by atoms with E-state index >= 15 is 0 Å². The lowest BCUT2D eigenvalue weighted by molar-refractivity contribution is 0.102. The predicted octanol–water partition coefficient (Wildman–Crippen LogP) is 3.70. The van der Waals surface area contributed by atoms with Crippen molar-refractivity contribution < 1.29 is 22.7 Å². The van der Waals surface area contributed by atoms with Crippen LogP contribution >= 0.6 is 15.9 Å². The molecule has 1 heterocycles. The number of carbonyl (C=O) groups is 1. The molecule has 0 fully saturated rings. The SMILES string of the molecule is CCOc1ccc(C(=O)Nc2ccc(S(=O)(=O)Nc3nccnc3OC)cc2)cc1Br. The first-order valence-corrected chi connectivity index (χ1v) is 11.3. The molecule has 1 aromatic heterocycles. The number of nitrogens with one attached hydrogen (secondary N) is 2. The number of aromatic nitrogens is 2. The first-order valence-electron chi connectivity index (χ1n) is 9.05. The summed E-state index contributed by atoms with van der Waals surface area (Å²) in [5, 5.41) is 2.73. The van der Waals surface area contributed by atoms with Gasteiger partial charge in [0.1, 0.15) is 5.75 Å². The summed E-state index contributed by atoms with van der Waals surface area (Å²) in [4.78, 5) is 20.3. The summed E-state index contributed by atoms with van der Waals surface area (Å²) >= 11 is 3.37. The van der Waals surface area contributed by atoms with E-state index in [2.05, 4.69) is 35.9 Å². The smallest absolute Gasteiger partial charge is 0.263 e. The van der Waals surface area contributed by atoms with Crippen LogP contribution in [0.2, 0.25) is 0 Å².